The first kappa shape index (κ1) is 15.5. The van der Waals surface area contributed by atoms with Crippen molar-refractivity contribution < 1.29 is 9.21 Å². The number of thiazole rings is 1. The van der Waals surface area contributed by atoms with Gasteiger partial charge < -0.3 is 9.73 Å². The van der Waals surface area contributed by atoms with E-state index < -0.39 is 0 Å². The zero-order valence-electron chi connectivity index (χ0n) is 13.2. The predicted octanol–water partition coefficient (Wildman–Crippen LogP) is 3.88. The molecule has 3 aromatic rings. The van der Waals surface area contributed by atoms with Crippen LogP contribution in [0.15, 0.2) is 34.3 Å². The lowest BCUT2D eigenvalue weighted by atomic mass is 10.1. The van der Waals surface area contributed by atoms with E-state index in [-0.39, 0.29) is 5.91 Å². The first-order valence-electron chi connectivity index (χ1n) is 7.39. The number of aromatic nitrogens is 3. The van der Waals surface area contributed by atoms with Gasteiger partial charge in [0.2, 0.25) is 11.0 Å². The van der Waals surface area contributed by atoms with Crippen LogP contribution in [0.2, 0.25) is 0 Å². The Morgan fingerprint density at radius 3 is 3.00 bits per heavy atom. The maximum atomic E-state index is 12.0. The Morgan fingerprint density at radius 1 is 1.48 bits per heavy atom. The van der Waals surface area contributed by atoms with Gasteiger partial charge in [0.1, 0.15) is 11.5 Å². The van der Waals surface area contributed by atoms with E-state index in [4.69, 9.17) is 4.42 Å². The molecule has 1 N–H and O–H groups in total. The molecule has 7 heteroatoms. The zero-order chi connectivity index (χ0) is 16.4. The Labute approximate surface area is 138 Å². The van der Waals surface area contributed by atoms with Crippen molar-refractivity contribution in [3.63, 3.8) is 0 Å². The van der Waals surface area contributed by atoms with Gasteiger partial charge in [0.15, 0.2) is 5.76 Å². The van der Waals surface area contributed by atoms with E-state index in [1.54, 1.807) is 10.9 Å². The largest absolute Gasteiger partial charge is 0.463 e. The molecule has 23 heavy (non-hydrogen) atoms. The van der Waals surface area contributed by atoms with Crippen LogP contribution in [0.3, 0.4) is 0 Å². The van der Waals surface area contributed by atoms with Crippen LogP contribution < -0.4 is 5.32 Å². The third kappa shape index (κ3) is 3.50. The lowest BCUT2D eigenvalue weighted by molar-refractivity contribution is -0.116. The van der Waals surface area contributed by atoms with Crippen LogP contribution in [-0.4, -0.2) is 20.7 Å². The van der Waals surface area contributed by atoms with Crippen molar-refractivity contribution in [2.45, 2.75) is 27.2 Å². The highest BCUT2D eigenvalue weighted by molar-refractivity contribution is 7.12. The van der Waals surface area contributed by atoms with Crippen LogP contribution in [0.1, 0.15) is 26.0 Å². The average Bonchev–Trinajstić information content (AvgIpc) is 3.16. The summed E-state index contributed by atoms with van der Waals surface area (Å²) in [4.78, 5) is 16.6. The van der Waals surface area contributed by atoms with Gasteiger partial charge in [-0.05, 0) is 25.0 Å². The molecule has 0 atom stereocenters. The minimum Gasteiger partial charge on any atom is -0.463 e. The molecule has 0 unspecified atom stereocenters. The fourth-order valence-corrected chi connectivity index (χ4v) is 2.97. The highest BCUT2D eigenvalue weighted by atomic mass is 32.1. The second-order valence-corrected chi connectivity index (χ2v) is 6.56. The number of furan rings is 1. The summed E-state index contributed by atoms with van der Waals surface area (Å²) in [6.45, 7) is 5.91. The van der Waals surface area contributed by atoms with Crippen LogP contribution in [0, 0.1) is 12.8 Å². The maximum Gasteiger partial charge on any atom is 0.225 e. The smallest absolute Gasteiger partial charge is 0.225 e. The minimum atomic E-state index is -0.0241. The summed E-state index contributed by atoms with van der Waals surface area (Å²) in [6.07, 6.45) is 2.09. The molecule has 3 aromatic heterocycles. The summed E-state index contributed by atoms with van der Waals surface area (Å²) in [5, 5.41) is 9.93. The Hall–Kier alpha value is -2.41. The van der Waals surface area contributed by atoms with Crippen molar-refractivity contribution in [1.82, 2.24) is 14.8 Å². The molecule has 6 nitrogen and oxygen atoms in total. The summed E-state index contributed by atoms with van der Waals surface area (Å²) in [6, 6.07) is 5.52. The number of rotatable bonds is 5. The highest BCUT2D eigenvalue weighted by Gasteiger charge is 2.15. The standard InChI is InChI=1S/C16H18N4O2S/c1-10(2)7-15(21)18-14-8-11(3)19-20(14)16-17-12(9-23-16)13-5-4-6-22-13/h4-6,8-10H,7H2,1-3H3,(H,18,21). The van der Waals surface area contributed by atoms with Gasteiger partial charge in [0.25, 0.3) is 0 Å². The van der Waals surface area contributed by atoms with Gasteiger partial charge in [-0.1, -0.05) is 13.8 Å². The summed E-state index contributed by atoms with van der Waals surface area (Å²) < 4.78 is 7.01. The van der Waals surface area contributed by atoms with Crippen LogP contribution in [0.25, 0.3) is 16.6 Å². The zero-order valence-corrected chi connectivity index (χ0v) is 14.1. The van der Waals surface area contributed by atoms with Crippen molar-refractivity contribution in [2.75, 3.05) is 5.32 Å². The highest BCUT2D eigenvalue weighted by Crippen LogP contribution is 2.26. The van der Waals surface area contributed by atoms with E-state index >= 15 is 0 Å². The lowest BCUT2D eigenvalue weighted by Crippen LogP contribution is -2.16. The summed E-state index contributed by atoms with van der Waals surface area (Å²) in [5.74, 6) is 1.62. The van der Waals surface area contributed by atoms with Crippen LogP contribution >= 0.6 is 11.3 Å². The molecule has 3 heterocycles. The van der Waals surface area contributed by atoms with Gasteiger partial charge in [0, 0.05) is 17.9 Å². The normalized spacial score (nSPS) is 11.1. The van der Waals surface area contributed by atoms with E-state index in [0.29, 0.717) is 29.0 Å². The number of aryl methyl sites for hydroxylation is 1. The number of carbonyl (C=O) groups excluding carboxylic acids is 1. The maximum absolute atomic E-state index is 12.0. The number of nitrogens with one attached hydrogen (secondary N) is 1. The van der Waals surface area contributed by atoms with Crippen LogP contribution in [-0.2, 0) is 4.79 Å². The van der Waals surface area contributed by atoms with Gasteiger partial charge in [-0.3, -0.25) is 4.79 Å². The molecule has 0 fully saturated rings. The fourth-order valence-electron chi connectivity index (χ4n) is 2.20. The van der Waals surface area contributed by atoms with E-state index in [9.17, 15) is 4.79 Å². The second-order valence-electron chi connectivity index (χ2n) is 5.72. The molecule has 0 bridgehead atoms. The van der Waals surface area contributed by atoms with Crippen molar-refractivity contribution in [3.05, 3.63) is 35.5 Å². The summed E-state index contributed by atoms with van der Waals surface area (Å²) in [7, 11) is 0. The Balaban J connectivity index is 1.87. The molecule has 3 rings (SSSR count). The molecule has 0 aromatic carbocycles. The SMILES string of the molecule is Cc1cc(NC(=O)CC(C)C)n(-c2nc(-c3ccco3)cs2)n1. The number of anilines is 1. The third-order valence-corrected chi connectivity index (χ3v) is 3.96. The Bertz CT molecular complexity index is 802. The van der Waals surface area contributed by atoms with Gasteiger partial charge in [-0.2, -0.15) is 9.78 Å². The predicted molar refractivity (Wildman–Crippen MR) is 89.8 cm³/mol. The van der Waals surface area contributed by atoms with Gasteiger partial charge in [-0.15, -0.1) is 11.3 Å². The molecule has 0 aliphatic rings. The number of carbonyl (C=O) groups is 1. The van der Waals surface area contributed by atoms with Crippen LogP contribution in [0.4, 0.5) is 5.82 Å². The average molecular weight is 330 g/mol. The second kappa shape index (κ2) is 6.37. The molecule has 0 spiro atoms. The number of hydrogen-bond acceptors (Lipinski definition) is 5. The Morgan fingerprint density at radius 2 is 2.30 bits per heavy atom. The minimum absolute atomic E-state index is 0.0241. The molecule has 0 aliphatic heterocycles. The third-order valence-electron chi connectivity index (χ3n) is 3.14. The van der Waals surface area contributed by atoms with E-state index in [1.807, 2.05) is 44.4 Å². The summed E-state index contributed by atoms with van der Waals surface area (Å²) in [5.41, 5.74) is 1.57. The molecular formula is C16H18N4O2S. The topological polar surface area (TPSA) is 73.0 Å². The van der Waals surface area contributed by atoms with Crippen molar-refractivity contribution in [3.8, 4) is 16.6 Å². The quantitative estimate of drug-likeness (QED) is 0.770. The molecule has 0 aliphatic carbocycles. The first-order valence-corrected chi connectivity index (χ1v) is 8.27. The van der Waals surface area contributed by atoms with Gasteiger partial charge >= 0.3 is 0 Å². The number of nitrogens with zero attached hydrogens (tertiary/aromatic N) is 3. The van der Waals surface area contributed by atoms with Crippen molar-refractivity contribution >= 4 is 23.1 Å². The molecular weight excluding hydrogens is 312 g/mol. The van der Waals surface area contributed by atoms with E-state index in [1.165, 1.54) is 11.3 Å². The van der Waals surface area contributed by atoms with E-state index in [2.05, 4.69) is 15.4 Å². The molecule has 0 saturated heterocycles. The Kier molecular flexibility index (Phi) is 4.29. The number of amides is 1. The molecule has 1 amide bonds. The molecule has 0 radical (unpaired) electrons. The fraction of sp³-hybridized carbons (Fsp3) is 0.312. The van der Waals surface area contributed by atoms with Gasteiger partial charge in [-0.25, -0.2) is 4.98 Å². The number of hydrogen-bond donors (Lipinski definition) is 1. The summed E-state index contributed by atoms with van der Waals surface area (Å²) >= 11 is 1.45. The van der Waals surface area contributed by atoms with Crippen molar-refractivity contribution in [1.29, 1.82) is 0 Å². The first-order chi connectivity index (χ1) is 11.0. The van der Waals surface area contributed by atoms with Gasteiger partial charge in [0.05, 0.1) is 12.0 Å². The van der Waals surface area contributed by atoms with Crippen molar-refractivity contribution in [2.24, 2.45) is 5.92 Å². The molecule has 120 valence electrons. The molecule has 0 saturated carbocycles. The van der Waals surface area contributed by atoms with E-state index in [0.717, 1.165) is 11.4 Å². The lowest BCUT2D eigenvalue weighted by Gasteiger charge is -2.07. The monoisotopic (exact) mass is 330 g/mol. The van der Waals surface area contributed by atoms with Crippen LogP contribution in [0.5, 0.6) is 0 Å².